The quantitative estimate of drug-likeness (QED) is 0.774. The Kier molecular flexibility index (Phi) is 3.46. The highest BCUT2D eigenvalue weighted by Crippen LogP contribution is 2.43. The second-order valence-electron chi connectivity index (χ2n) is 6.07. The second kappa shape index (κ2) is 4.58. The largest absolute Gasteiger partial charge is 0.325 e. The Hall–Kier alpha value is -0.610. The van der Waals surface area contributed by atoms with E-state index in [9.17, 15) is 4.79 Å². The molecule has 1 aliphatic carbocycles. The zero-order valence-corrected chi connectivity index (χ0v) is 11.5. The molecule has 2 fully saturated rings. The topological polar surface area (TPSA) is 35.6 Å². The standard InChI is InChI=1S/C13H25N3O/c1-10(2)11-14-13(6-7-13)12(17)16(11)9-5-8-15(3)4/h10-11,14H,5-9H2,1-4H3. The maximum atomic E-state index is 12.3. The summed E-state index contributed by atoms with van der Waals surface area (Å²) in [7, 11) is 4.15. The highest BCUT2D eigenvalue weighted by molar-refractivity contribution is 5.91. The number of hydrogen-bond donors (Lipinski definition) is 1. The maximum absolute atomic E-state index is 12.3. The Morgan fingerprint density at radius 3 is 2.59 bits per heavy atom. The molecular formula is C13H25N3O. The van der Waals surface area contributed by atoms with Crippen molar-refractivity contribution in [2.24, 2.45) is 5.92 Å². The van der Waals surface area contributed by atoms with E-state index in [0.717, 1.165) is 32.4 Å². The number of carbonyl (C=O) groups is 1. The summed E-state index contributed by atoms with van der Waals surface area (Å²) in [5.74, 6) is 0.827. The Morgan fingerprint density at radius 2 is 2.12 bits per heavy atom. The predicted molar refractivity (Wildman–Crippen MR) is 68.6 cm³/mol. The first-order valence-corrected chi connectivity index (χ1v) is 6.70. The SMILES string of the molecule is CC(C)C1NC2(CC2)C(=O)N1CCCN(C)C. The maximum Gasteiger partial charge on any atom is 0.244 e. The van der Waals surface area contributed by atoms with E-state index in [-0.39, 0.29) is 11.7 Å². The number of nitrogens with zero attached hydrogens (tertiary/aromatic N) is 2. The summed E-state index contributed by atoms with van der Waals surface area (Å²) in [5, 5.41) is 3.54. The van der Waals surface area contributed by atoms with E-state index in [0.29, 0.717) is 11.8 Å². The summed E-state index contributed by atoms with van der Waals surface area (Å²) in [6.07, 6.45) is 3.35. The number of rotatable bonds is 5. The van der Waals surface area contributed by atoms with Gasteiger partial charge in [0.05, 0.1) is 11.7 Å². The van der Waals surface area contributed by atoms with Crippen LogP contribution in [0.2, 0.25) is 0 Å². The minimum atomic E-state index is -0.160. The summed E-state index contributed by atoms with van der Waals surface area (Å²) in [5.41, 5.74) is -0.160. The Labute approximate surface area is 104 Å². The van der Waals surface area contributed by atoms with Crippen molar-refractivity contribution in [3.63, 3.8) is 0 Å². The van der Waals surface area contributed by atoms with Crippen LogP contribution in [0.1, 0.15) is 33.1 Å². The van der Waals surface area contributed by atoms with E-state index < -0.39 is 0 Å². The van der Waals surface area contributed by atoms with Gasteiger partial charge in [0.1, 0.15) is 0 Å². The van der Waals surface area contributed by atoms with Crippen LogP contribution >= 0.6 is 0 Å². The number of carbonyl (C=O) groups excluding carboxylic acids is 1. The lowest BCUT2D eigenvalue weighted by molar-refractivity contribution is -0.131. The average Bonchev–Trinajstić information content (AvgIpc) is 2.95. The van der Waals surface area contributed by atoms with Crippen LogP contribution < -0.4 is 5.32 Å². The Morgan fingerprint density at radius 1 is 1.47 bits per heavy atom. The molecule has 0 aromatic rings. The summed E-state index contributed by atoms with van der Waals surface area (Å²) in [6.45, 7) is 6.30. The first kappa shape index (κ1) is 12.8. The highest BCUT2D eigenvalue weighted by atomic mass is 16.2. The van der Waals surface area contributed by atoms with Gasteiger partial charge < -0.3 is 9.80 Å². The third kappa shape index (κ3) is 2.47. The first-order chi connectivity index (χ1) is 7.96. The van der Waals surface area contributed by atoms with Gasteiger partial charge in [-0.3, -0.25) is 10.1 Å². The number of amides is 1. The third-order valence-corrected chi connectivity index (χ3v) is 3.82. The molecule has 0 bridgehead atoms. The molecule has 1 saturated heterocycles. The third-order valence-electron chi connectivity index (χ3n) is 3.82. The fourth-order valence-electron chi connectivity index (χ4n) is 2.63. The molecule has 2 aliphatic rings. The van der Waals surface area contributed by atoms with Gasteiger partial charge in [-0.25, -0.2) is 0 Å². The van der Waals surface area contributed by atoms with Crippen molar-refractivity contribution in [3.8, 4) is 0 Å². The molecule has 1 spiro atoms. The average molecular weight is 239 g/mol. The molecule has 1 heterocycles. The van der Waals surface area contributed by atoms with E-state index >= 15 is 0 Å². The van der Waals surface area contributed by atoms with Gasteiger partial charge in [-0.2, -0.15) is 0 Å². The van der Waals surface area contributed by atoms with E-state index in [4.69, 9.17) is 0 Å². The molecule has 1 atom stereocenters. The Bertz CT molecular complexity index is 297. The predicted octanol–water partition coefficient (Wildman–Crippen LogP) is 0.885. The minimum Gasteiger partial charge on any atom is -0.325 e. The van der Waals surface area contributed by atoms with Crippen molar-refractivity contribution in [2.45, 2.75) is 44.8 Å². The molecule has 4 nitrogen and oxygen atoms in total. The van der Waals surface area contributed by atoms with E-state index in [2.05, 4.69) is 43.1 Å². The second-order valence-corrected chi connectivity index (χ2v) is 6.07. The molecule has 2 rings (SSSR count). The molecule has 0 aromatic carbocycles. The summed E-state index contributed by atoms with van der Waals surface area (Å²) >= 11 is 0. The molecule has 1 aliphatic heterocycles. The molecular weight excluding hydrogens is 214 g/mol. The van der Waals surface area contributed by atoms with Crippen LogP contribution in [0.3, 0.4) is 0 Å². The lowest BCUT2D eigenvalue weighted by Crippen LogP contribution is -2.42. The zero-order chi connectivity index (χ0) is 12.6. The molecule has 0 aromatic heterocycles. The number of hydrogen-bond acceptors (Lipinski definition) is 3. The summed E-state index contributed by atoms with van der Waals surface area (Å²) in [6, 6.07) is 0. The van der Waals surface area contributed by atoms with Gasteiger partial charge in [0.2, 0.25) is 5.91 Å². The van der Waals surface area contributed by atoms with Crippen LogP contribution in [0.5, 0.6) is 0 Å². The van der Waals surface area contributed by atoms with Crippen molar-refractivity contribution in [3.05, 3.63) is 0 Å². The monoisotopic (exact) mass is 239 g/mol. The molecule has 1 saturated carbocycles. The lowest BCUT2D eigenvalue weighted by Gasteiger charge is -2.27. The Balaban J connectivity index is 1.95. The van der Waals surface area contributed by atoms with E-state index in [1.54, 1.807) is 0 Å². The van der Waals surface area contributed by atoms with E-state index in [1.807, 2.05) is 0 Å². The molecule has 98 valence electrons. The van der Waals surface area contributed by atoms with Gasteiger partial charge >= 0.3 is 0 Å². The molecule has 1 amide bonds. The van der Waals surface area contributed by atoms with Crippen LogP contribution in [-0.4, -0.2) is 54.6 Å². The van der Waals surface area contributed by atoms with Crippen LogP contribution in [0.15, 0.2) is 0 Å². The molecule has 0 radical (unpaired) electrons. The summed E-state index contributed by atoms with van der Waals surface area (Å²) < 4.78 is 0. The van der Waals surface area contributed by atoms with Crippen LogP contribution in [0.4, 0.5) is 0 Å². The minimum absolute atomic E-state index is 0.160. The van der Waals surface area contributed by atoms with Crippen LogP contribution in [-0.2, 0) is 4.79 Å². The van der Waals surface area contributed by atoms with Crippen molar-refractivity contribution in [1.29, 1.82) is 0 Å². The van der Waals surface area contributed by atoms with Crippen LogP contribution in [0.25, 0.3) is 0 Å². The van der Waals surface area contributed by atoms with Crippen LogP contribution in [0, 0.1) is 5.92 Å². The fraction of sp³-hybridized carbons (Fsp3) is 0.923. The molecule has 4 heteroatoms. The van der Waals surface area contributed by atoms with Gasteiger partial charge in [-0.05, 0) is 45.8 Å². The van der Waals surface area contributed by atoms with Crippen molar-refractivity contribution in [1.82, 2.24) is 15.1 Å². The van der Waals surface area contributed by atoms with Gasteiger partial charge in [-0.15, -0.1) is 0 Å². The van der Waals surface area contributed by atoms with Crippen molar-refractivity contribution >= 4 is 5.91 Å². The van der Waals surface area contributed by atoms with Gasteiger partial charge in [0, 0.05) is 6.54 Å². The first-order valence-electron chi connectivity index (χ1n) is 6.70. The zero-order valence-electron chi connectivity index (χ0n) is 11.5. The van der Waals surface area contributed by atoms with Gasteiger partial charge in [0.15, 0.2) is 0 Å². The smallest absolute Gasteiger partial charge is 0.244 e. The molecule has 1 N–H and O–H groups in total. The van der Waals surface area contributed by atoms with Gasteiger partial charge in [-0.1, -0.05) is 13.8 Å². The molecule has 1 unspecified atom stereocenters. The lowest BCUT2D eigenvalue weighted by atomic mass is 10.1. The van der Waals surface area contributed by atoms with E-state index in [1.165, 1.54) is 0 Å². The molecule has 17 heavy (non-hydrogen) atoms. The van der Waals surface area contributed by atoms with Gasteiger partial charge in [0.25, 0.3) is 0 Å². The van der Waals surface area contributed by atoms with Crippen molar-refractivity contribution < 1.29 is 4.79 Å². The fourth-order valence-corrected chi connectivity index (χ4v) is 2.63. The summed E-state index contributed by atoms with van der Waals surface area (Å²) in [4.78, 5) is 16.6. The normalized spacial score (nSPS) is 26.6. The van der Waals surface area contributed by atoms with Crippen molar-refractivity contribution in [2.75, 3.05) is 27.2 Å². The highest BCUT2D eigenvalue weighted by Gasteiger charge is 2.59. The number of nitrogens with one attached hydrogen (secondary N) is 1.